The Hall–Kier alpha value is -2.13. The van der Waals surface area contributed by atoms with Gasteiger partial charge in [-0.1, -0.05) is 60.7 Å². The molecule has 0 aliphatic heterocycles. The van der Waals surface area contributed by atoms with Crippen LogP contribution in [0.25, 0.3) is 0 Å². The zero-order valence-corrected chi connectivity index (χ0v) is 12.9. The van der Waals surface area contributed by atoms with E-state index >= 15 is 0 Å². The average molecular weight is 298 g/mol. The quantitative estimate of drug-likeness (QED) is 0.550. The fourth-order valence-electron chi connectivity index (χ4n) is 2.10. The molecule has 3 heteroatoms. The molecule has 0 radical (unpaired) electrons. The molecule has 0 saturated carbocycles. The van der Waals surface area contributed by atoms with Crippen LogP contribution in [0.15, 0.2) is 60.7 Å². The molecule has 0 N–H and O–H groups in total. The van der Waals surface area contributed by atoms with Crippen molar-refractivity contribution in [3.8, 4) is 0 Å². The summed E-state index contributed by atoms with van der Waals surface area (Å²) in [6, 6.07) is 19.9. The Kier molecular flexibility index (Phi) is 6.65. The third kappa shape index (κ3) is 5.70. The second-order valence-electron chi connectivity index (χ2n) is 5.20. The molecule has 1 atom stereocenters. The Morgan fingerprint density at radius 3 is 2.18 bits per heavy atom. The Morgan fingerprint density at radius 2 is 1.55 bits per heavy atom. The highest BCUT2D eigenvalue weighted by Crippen LogP contribution is 2.06. The lowest BCUT2D eigenvalue weighted by molar-refractivity contribution is -0.157. The Morgan fingerprint density at radius 1 is 0.955 bits per heavy atom. The fourth-order valence-corrected chi connectivity index (χ4v) is 2.10. The maximum absolute atomic E-state index is 11.8. The summed E-state index contributed by atoms with van der Waals surface area (Å²) >= 11 is 0. The summed E-state index contributed by atoms with van der Waals surface area (Å²) in [6.45, 7) is 2.57. The summed E-state index contributed by atoms with van der Waals surface area (Å²) in [6.07, 6.45) is 1.31. The van der Waals surface area contributed by atoms with Gasteiger partial charge in [-0.2, -0.15) is 0 Å². The van der Waals surface area contributed by atoms with Gasteiger partial charge in [0.15, 0.2) is 6.10 Å². The van der Waals surface area contributed by atoms with Crippen LogP contribution in [-0.4, -0.2) is 18.7 Å². The highest BCUT2D eigenvalue weighted by molar-refractivity contribution is 5.74. The van der Waals surface area contributed by atoms with Gasteiger partial charge in [0, 0.05) is 6.61 Å². The van der Waals surface area contributed by atoms with Gasteiger partial charge in [-0.25, -0.2) is 4.79 Å². The smallest absolute Gasteiger partial charge is 0.335 e. The largest absolute Gasteiger partial charge is 0.459 e. The van der Waals surface area contributed by atoms with Gasteiger partial charge in [-0.05, 0) is 30.9 Å². The number of benzene rings is 2. The first-order valence-corrected chi connectivity index (χ1v) is 7.62. The molecule has 3 nitrogen and oxygen atoms in total. The first-order chi connectivity index (χ1) is 10.8. The monoisotopic (exact) mass is 298 g/mol. The molecule has 0 heterocycles. The van der Waals surface area contributed by atoms with Gasteiger partial charge in [0.25, 0.3) is 0 Å². The van der Waals surface area contributed by atoms with E-state index < -0.39 is 6.10 Å². The lowest BCUT2D eigenvalue weighted by Gasteiger charge is -2.12. The number of carbonyl (C=O) groups excluding carboxylic acids is 1. The van der Waals surface area contributed by atoms with Crippen molar-refractivity contribution in [3.05, 3.63) is 71.8 Å². The summed E-state index contributed by atoms with van der Waals surface area (Å²) in [7, 11) is 0. The molecule has 0 aliphatic rings. The molecule has 116 valence electrons. The molecular formula is C19H22O3. The van der Waals surface area contributed by atoms with Crippen LogP contribution in [0.1, 0.15) is 24.5 Å². The minimum absolute atomic E-state index is 0.289. The topological polar surface area (TPSA) is 35.5 Å². The van der Waals surface area contributed by atoms with Crippen LogP contribution in [0.2, 0.25) is 0 Å². The maximum atomic E-state index is 11.8. The second kappa shape index (κ2) is 9.00. The highest BCUT2D eigenvalue weighted by atomic mass is 16.6. The molecule has 0 fully saturated rings. The molecule has 0 spiro atoms. The van der Waals surface area contributed by atoms with Gasteiger partial charge in [-0.15, -0.1) is 0 Å². The van der Waals surface area contributed by atoms with E-state index in [-0.39, 0.29) is 12.6 Å². The molecule has 0 amide bonds. The maximum Gasteiger partial charge on any atom is 0.335 e. The molecule has 22 heavy (non-hydrogen) atoms. The van der Waals surface area contributed by atoms with Crippen molar-refractivity contribution in [2.45, 2.75) is 32.5 Å². The summed E-state index contributed by atoms with van der Waals surface area (Å²) in [5.74, 6) is -0.316. The van der Waals surface area contributed by atoms with Gasteiger partial charge < -0.3 is 9.47 Å². The SMILES string of the molecule is C[C@H](OCCCc1ccccc1)C(=O)OCc1ccccc1. The van der Waals surface area contributed by atoms with Gasteiger partial charge in [0.1, 0.15) is 6.61 Å². The Balaban J connectivity index is 1.62. The van der Waals surface area contributed by atoms with Crippen LogP contribution in [0.3, 0.4) is 0 Å². The molecule has 0 aromatic heterocycles. The molecule has 2 aromatic rings. The molecule has 2 aromatic carbocycles. The van der Waals surface area contributed by atoms with Crippen molar-refractivity contribution in [1.29, 1.82) is 0 Å². The van der Waals surface area contributed by atoms with Crippen molar-refractivity contribution in [2.24, 2.45) is 0 Å². The first-order valence-electron chi connectivity index (χ1n) is 7.62. The standard InChI is InChI=1S/C19H22O3/c1-16(19(20)22-15-18-11-6-3-7-12-18)21-14-8-13-17-9-4-2-5-10-17/h2-7,9-12,16H,8,13-15H2,1H3/t16-/m0/s1. The van der Waals surface area contributed by atoms with E-state index in [0.29, 0.717) is 6.61 Å². The summed E-state index contributed by atoms with van der Waals surface area (Å²) < 4.78 is 10.8. The molecular weight excluding hydrogens is 276 g/mol. The van der Waals surface area contributed by atoms with Crippen LogP contribution in [0.4, 0.5) is 0 Å². The fraction of sp³-hybridized carbons (Fsp3) is 0.316. The van der Waals surface area contributed by atoms with Crippen LogP contribution < -0.4 is 0 Å². The zero-order valence-electron chi connectivity index (χ0n) is 12.9. The summed E-state index contributed by atoms with van der Waals surface area (Å²) in [5.41, 5.74) is 2.26. The van der Waals surface area contributed by atoms with Crippen molar-refractivity contribution >= 4 is 5.97 Å². The number of ether oxygens (including phenoxy) is 2. The van der Waals surface area contributed by atoms with Gasteiger partial charge in [0.2, 0.25) is 0 Å². The van der Waals surface area contributed by atoms with Crippen molar-refractivity contribution in [3.63, 3.8) is 0 Å². The van der Waals surface area contributed by atoms with Gasteiger partial charge in [0.05, 0.1) is 0 Å². The average Bonchev–Trinajstić information content (AvgIpc) is 2.58. The Labute approximate surface area is 131 Å². The van der Waals surface area contributed by atoms with Crippen LogP contribution in [-0.2, 0) is 27.3 Å². The third-order valence-corrected chi connectivity index (χ3v) is 3.38. The number of carbonyl (C=O) groups is 1. The van der Waals surface area contributed by atoms with E-state index in [1.54, 1.807) is 6.92 Å². The second-order valence-corrected chi connectivity index (χ2v) is 5.20. The van der Waals surface area contributed by atoms with E-state index in [1.807, 2.05) is 48.5 Å². The molecule has 0 unspecified atom stereocenters. The van der Waals surface area contributed by atoms with Crippen molar-refractivity contribution in [1.82, 2.24) is 0 Å². The number of esters is 1. The Bertz CT molecular complexity index is 551. The van der Waals surface area contributed by atoms with E-state index in [2.05, 4.69) is 12.1 Å². The summed E-state index contributed by atoms with van der Waals surface area (Å²) in [5, 5.41) is 0. The normalized spacial score (nSPS) is 11.9. The van der Waals surface area contributed by atoms with Crippen molar-refractivity contribution in [2.75, 3.05) is 6.61 Å². The van der Waals surface area contributed by atoms with Crippen LogP contribution in [0, 0.1) is 0 Å². The molecule has 0 saturated heterocycles. The number of hydrogen-bond donors (Lipinski definition) is 0. The first kappa shape index (κ1) is 16.2. The molecule has 0 aliphatic carbocycles. The van der Waals surface area contributed by atoms with E-state index in [0.717, 1.165) is 18.4 Å². The molecule has 2 rings (SSSR count). The number of rotatable bonds is 8. The molecule has 0 bridgehead atoms. The predicted molar refractivity (Wildman–Crippen MR) is 86.4 cm³/mol. The van der Waals surface area contributed by atoms with E-state index in [9.17, 15) is 4.79 Å². The third-order valence-electron chi connectivity index (χ3n) is 3.38. The van der Waals surface area contributed by atoms with Gasteiger partial charge >= 0.3 is 5.97 Å². The lowest BCUT2D eigenvalue weighted by atomic mass is 10.1. The highest BCUT2D eigenvalue weighted by Gasteiger charge is 2.14. The van der Waals surface area contributed by atoms with Crippen molar-refractivity contribution < 1.29 is 14.3 Å². The van der Waals surface area contributed by atoms with Gasteiger partial charge in [-0.3, -0.25) is 0 Å². The predicted octanol–water partition coefficient (Wildman–Crippen LogP) is 3.77. The minimum atomic E-state index is -0.528. The summed E-state index contributed by atoms with van der Waals surface area (Å²) in [4.78, 5) is 11.8. The number of hydrogen-bond acceptors (Lipinski definition) is 3. The number of aryl methyl sites for hydroxylation is 1. The lowest BCUT2D eigenvalue weighted by Crippen LogP contribution is -2.23. The van der Waals surface area contributed by atoms with Crippen LogP contribution in [0.5, 0.6) is 0 Å². The minimum Gasteiger partial charge on any atom is -0.459 e. The van der Waals surface area contributed by atoms with E-state index in [1.165, 1.54) is 5.56 Å². The van der Waals surface area contributed by atoms with Crippen LogP contribution >= 0.6 is 0 Å². The zero-order chi connectivity index (χ0) is 15.6. The van der Waals surface area contributed by atoms with E-state index in [4.69, 9.17) is 9.47 Å².